The number of halogens is 1. The van der Waals surface area contributed by atoms with Crippen LogP contribution in [-0.4, -0.2) is 32.1 Å². The summed E-state index contributed by atoms with van der Waals surface area (Å²) >= 11 is 6.07. The second-order valence-electron chi connectivity index (χ2n) is 6.30. The molecule has 0 saturated carbocycles. The van der Waals surface area contributed by atoms with Gasteiger partial charge in [-0.3, -0.25) is 4.79 Å². The van der Waals surface area contributed by atoms with Crippen LogP contribution in [0.1, 0.15) is 10.4 Å². The fraction of sp³-hybridized carbons (Fsp3) is 0.0870. The highest BCUT2D eigenvalue weighted by Crippen LogP contribution is 2.27. The molecule has 0 spiro atoms. The Labute approximate surface area is 184 Å². The van der Waals surface area contributed by atoms with Crippen molar-refractivity contribution < 1.29 is 23.9 Å². The number of benzene rings is 2. The third kappa shape index (κ3) is 4.84. The molecule has 0 aliphatic carbocycles. The molecule has 0 atom stereocenters. The molecule has 1 aliphatic rings. The number of anilines is 2. The summed E-state index contributed by atoms with van der Waals surface area (Å²) in [7, 11) is 2.46. The van der Waals surface area contributed by atoms with Gasteiger partial charge in [-0.25, -0.2) is 9.59 Å². The first-order valence-electron chi connectivity index (χ1n) is 9.17. The molecule has 0 fully saturated rings. The Bertz CT molecular complexity index is 1100. The molecule has 0 aromatic heterocycles. The number of allylic oxidation sites excluding steroid dienone is 2. The molecule has 0 unspecified atom stereocenters. The lowest BCUT2D eigenvalue weighted by molar-refractivity contribution is -0.139. The van der Waals surface area contributed by atoms with E-state index in [-0.39, 0.29) is 17.2 Å². The van der Waals surface area contributed by atoms with Gasteiger partial charge in [-0.2, -0.15) is 0 Å². The molecular weight excluding hydrogens is 420 g/mol. The first kappa shape index (κ1) is 21.9. The van der Waals surface area contributed by atoms with E-state index in [9.17, 15) is 14.4 Å². The van der Waals surface area contributed by atoms with Gasteiger partial charge in [0.05, 0.1) is 30.4 Å². The standard InChI is InChI=1S/C23H19ClN2O5/c1-30-22(28)18-8-5-6-14-26(20(18)23(29)31-2)16-12-10-15(11-13-16)25-21(27)17-7-3-4-9-19(17)24/h3-14H,1-2H3,(H,25,27). The number of nitrogens with one attached hydrogen (secondary N) is 1. The number of ether oxygens (including phenoxy) is 2. The van der Waals surface area contributed by atoms with Crippen molar-refractivity contribution >= 4 is 40.8 Å². The normalized spacial score (nSPS) is 12.9. The molecule has 0 saturated heterocycles. The second kappa shape index (κ2) is 9.77. The van der Waals surface area contributed by atoms with Crippen molar-refractivity contribution in [3.63, 3.8) is 0 Å². The molecular formula is C23H19ClN2O5. The molecule has 0 radical (unpaired) electrons. The number of methoxy groups -OCH3 is 2. The van der Waals surface area contributed by atoms with Gasteiger partial charge < -0.3 is 19.7 Å². The van der Waals surface area contributed by atoms with Crippen molar-refractivity contribution in [2.45, 2.75) is 0 Å². The van der Waals surface area contributed by atoms with Crippen molar-refractivity contribution in [1.29, 1.82) is 0 Å². The maximum Gasteiger partial charge on any atom is 0.355 e. The number of amides is 1. The number of carbonyl (C=O) groups excluding carboxylic acids is 3. The van der Waals surface area contributed by atoms with Crippen molar-refractivity contribution in [1.82, 2.24) is 0 Å². The number of hydrogen-bond acceptors (Lipinski definition) is 6. The minimum Gasteiger partial charge on any atom is -0.465 e. The minimum atomic E-state index is -0.701. The third-order valence-corrected chi connectivity index (χ3v) is 4.74. The summed E-state index contributed by atoms with van der Waals surface area (Å²) in [6, 6.07) is 13.5. The fourth-order valence-corrected chi connectivity index (χ4v) is 3.14. The van der Waals surface area contributed by atoms with E-state index in [2.05, 4.69) is 5.32 Å². The van der Waals surface area contributed by atoms with E-state index in [0.29, 0.717) is 22.0 Å². The summed E-state index contributed by atoms with van der Waals surface area (Å²) in [6.45, 7) is 0. The van der Waals surface area contributed by atoms with Crippen LogP contribution < -0.4 is 10.2 Å². The molecule has 3 rings (SSSR count). The smallest absolute Gasteiger partial charge is 0.355 e. The maximum atomic E-state index is 12.5. The van der Waals surface area contributed by atoms with Crippen LogP contribution in [0.5, 0.6) is 0 Å². The first-order chi connectivity index (χ1) is 15.0. The van der Waals surface area contributed by atoms with Gasteiger partial charge in [0.25, 0.3) is 5.91 Å². The van der Waals surface area contributed by atoms with Gasteiger partial charge >= 0.3 is 11.9 Å². The quantitative estimate of drug-likeness (QED) is 0.708. The highest BCUT2D eigenvalue weighted by atomic mass is 35.5. The monoisotopic (exact) mass is 438 g/mol. The lowest BCUT2D eigenvalue weighted by Crippen LogP contribution is -2.26. The van der Waals surface area contributed by atoms with Crippen LogP contribution in [0.3, 0.4) is 0 Å². The van der Waals surface area contributed by atoms with Gasteiger partial charge in [-0.1, -0.05) is 29.8 Å². The number of hydrogen-bond donors (Lipinski definition) is 1. The van der Waals surface area contributed by atoms with Crippen LogP contribution >= 0.6 is 11.6 Å². The second-order valence-corrected chi connectivity index (χ2v) is 6.70. The topological polar surface area (TPSA) is 84.9 Å². The minimum absolute atomic E-state index is 0.00667. The molecule has 1 aliphatic heterocycles. The molecule has 1 heterocycles. The SMILES string of the molecule is COC(=O)C1=C(C(=O)OC)N(c2ccc(NC(=O)c3ccccc3Cl)cc2)C=CC=C1. The molecule has 2 aromatic rings. The summed E-state index contributed by atoms with van der Waals surface area (Å²) in [5.74, 6) is -1.72. The van der Waals surface area contributed by atoms with Crippen LogP contribution in [0.15, 0.2) is 84.2 Å². The zero-order valence-electron chi connectivity index (χ0n) is 16.8. The van der Waals surface area contributed by atoms with E-state index in [1.165, 1.54) is 25.2 Å². The summed E-state index contributed by atoms with van der Waals surface area (Å²) in [6.07, 6.45) is 6.39. The molecule has 8 heteroatoms. The van der Waals surface area contributed by atoms with Gasteiger partial charge in [0, 0.05) is 17.6 Å². The molecule has 158 valence electrons. The van der Waals surface area contributed by atoms with Gasteiger partial charge in [0.1, 0.15) is 5.70 Å². The Kier molecular flexibility index (Phi) is 6.89. The van der Waals surface area contributed by atoms with Gasteiger partial charge in [0.2, 0.25) is 0 Å². The predicted octanol–water partition coefficient (Wildman–Crippen LogP) is 4.08. The van der Waals surface area contributed by atoms with Crippen molar-refractivity contribution in [3.8, 4) is 0 Å². The van der Waals surface area contributed by atoms with E-state index in [0.717, 1.165) is 0 Å². The van der Waals surface area contributed by atoms with Crippen LogP contribution in [0.2, 0.25) is 5.02 Å². The van der Waals surface area contributed by atoms with Gasteiger partial charge in [0.15, 0.2) is 0 Å². The average Bonchev–Trinajstić information content (AvgIpc) is 3.02. The molecule has 31 heavy (non-hydrogen) atoms. The Hall–Kier alpha value is -3.84. The Balaban J connectivity index is 1.91. The highest BCUT2D eigenvalue weighted by Gasteiger charge is 2.27. The van der Waals surface area contributed by atoms with E-state index in [4.69, 9.17) is 21.1 Å². The van der Waals surface area contributed by atoms with Gasteiger partial charge in [-0.15, -0.1) is 0 Å². The molecule has 0 bridgehead atoms. The zero-order chi connectivity index (χ0) is 22.4. The Morgan fingerprint density at radius 3 is 2.23 bits per heavy atom. The van der Waals surface area contributed by atoms with E-state index < -0.39 is 11.9 Å². The van der Waals surface area contributed by atoms with Crippen molar-refractivity contribution in [2.24, 2.45) is 0 Å². The molecule has 2 aromatic carbocycles. The van der Waals surface area contributed by atoms with Crippen LogP contribution in [0.25, 0.3) is 0 Å². The van der Waals surface area contributed by atoms with Crippen molar-refractivity contribution in [3.05, 3.63) is 94.8 Å². The molecule has 1 N–H and O–H groups in total. The van der Waals surface area contributed by atoms with Crippen LogP contribution in [0, 0.1) is 0 Å². The maximum absolute atomic E-state index is 12.5. The average molecular weight is 439 g/mol. The summed E-state index contributed by atoms with van der Waals surface area (Å²) in [4.78, 5) is 38.6. The largest absolute Gasteiger partial charge is 0.465 e. The Morgan fingerprint density at radius 1 is 0.903 bits per heavy atom. The van der Waals surface area contributed by atoms with Crippen LogP contribution in [-0.2, 0) is 19.1 Å². The van der Waals surface area contributed by atoms with Crippen molar-refractivity contribution in [2.75, 3.05) is 24.4 Å². The number of rotatable bonds is 5. The first-order valence-corrected chi connectivity index (χ1v) is 9.55. The number of carbonyl (C=O) groups is 3. The number of nitrogens with zero attached hydrogens (tertiary/aromatic N) is 1. The lowest BCUT2D eigenvalue weighted by atomic mass is 10.1. The summed E-state index contributed by atoms with van der Waals surface area (Å²) in [5, 5.41) is 3.12. The number of esters is 2. The lowest BCUT2D eigenvalue weighted by Gasteiger charge is -2.23. The van der Waals surface area contributed by atoms with E-state index >= 15 is 0 Å². The molecule has 1 amide bonds. The van der Waals surface area contributed by atoms with Gasteiger partial charge in [-0.05, 0) is 48.6 Å². The Morgan fingerprint density at radius 2 is 1.58 bits per heavy atom. The highest BCUT2D eigenvalue weighted by molar-refractivity contribution is 6.34. The van der Waals surface area contributed by atoms with E-state index in [1.54, 1.807) is 66.9 Å². The zero-order valence-corrected chi connectivity index (χ0v) is 17.6. The third-order valence-electron chi connectivity index (χ3n) is 4.41. The predicted molar refractivity (Wildman–Crippen MR) is 118 cm³/mol. The summed E-state index contributed by atoms with van der Waals surface area (Å²) < 4.78 is 9.68. The fourth-order valence-electron chi connectivity index (χ4n) is 2.91. The summed E-state index contributed by atoms with van der Waals surface area (Å²) in [5.41, 5.74) is 1.51. The van der Waals surface area contributed by atoms with Crippen LogP contribution in [0.4, 0.5) is 11.4 Å². The van der Waals surface area contributed by atoms with E-state index in [1.807, 2.05) is 0 Å². The molecule has 7 nitrogen and oxygen atoms in total.